The number of halogens is 5. The minimum atomic E-state index is -6.03. The number of aliphatic hydroxyl groups excluding tert-OH is 1. The highest BCUT2D eigenvalue weighted by Crippen LogP contribution is 2.51. The zero-order chi connectivity index (χ0) is 21.8. The molecule has 1 aromatic heterocycles. The van der Waals surface area contributed by atoms with Gasteiger partial charge in [0.25, 0.3) is 22.0 Å². The predicted molar refractivity (Wildman–Crippen MR) is 81.9 cm³/mol. The highest BCUT2D eigenvalue weighted by Gasteiger charge is 2.55. The van der Waals surface area contributed by atoms with Crippen molar-refractivity contribution in [3.05, 3.63) is 47.3 Å². The van der Waals surface area contributed by atoms with Crippen molar-refractivity contribution in [3.63, 3.8) is 0 Å². The molecule has 0 fully saturated rings. The standard InChI is InChI=1S/C16H10F5N2O5S/c17-15(18)4-10-11(28-9-3-8(5-22)6-23(25)7-9)1-2-12(13(10)14(15)24)29(26,27)16(19,20)21/h1-3,6-7,14,24-25H,4H2/q+1. The van der Waals surface area contributed by atoms with Gasteiger partial charge in [-0.25, -0.2) is 17.2 Å². The maximum absolute atomic E-state index is 14.0. The summed E-state index contributed by atoms with van der Waals surface area (Å²) in [6, 6.07) is 3.92. The van der Waals surface area contributed by atoms with Crippen molar-refractivity contribution in [2.75, 3.05) is 0 Å². The molecule has 7 nitrogen and oxygen atoms in total. The average Bonchev–Trinajstić information content (AvgIpc) is 2.84. The number of nitrogens with zero attached hydrogens (tertiary/aromatic N) is 2. The van der Waals surface area contributed by atoms with Gasteiger partial charge < -0.3 is 9.84 Å². The van der Waals surface area contributed by atoms with Crippen LogP contribution in [-0.2, 0) is 16.3 Å². The number of benzene rings is 1. The first-order valence-electron chi connectivity index (χ1n) is 7.64. The van der Waals surface area contributed by atoms with Crippen LogP contribution in [0.15, 0.2) is 35.5 Å². The van der Waals surface area contributed by atoms with Gasteiger partial charge in [0.05, 0.1) is 4.90 Å². The van der Waals surface area contributed by atoms with Crippen LogP contribution >= 0.6 is 0 Å². The van der Waals surface area contributed by atoms with Gasteiger partial charge in [-0.3, -0.25) is 5.21 Å². The molecule has 0 spiro atoms. The van der Waals surface area contributed by atoms with E-state index in [1.807, 2.05) is 0 Å². The lowest BCUT2D eigenvalue weighted by Crippen LogP contribution is -2.29. The minimum absolute atomic E-state index is 0.0942. The zero-order valence-corrected chi connectivity index (χ0v) is 14.8. The lowest BCUT2D eigenvalue weighted by molar-refractivity contribution is -0.905. The Kier molecular flexibility index (Phi) is 4.67. The van der Waals surface area contributed by atoms with Gasteiger partial charge in [0, 0.05) is 28.3 Å². The van der Waals surface area contributed by atoms with E-state index in [4.69, 9.17) is 10.00 Å². The Hall–Kier alpha value is -2.98. The molecular weight excluding hydrogens is 427 g/mol. The summed E-state index contributed by atoms with van der Waals surface area (Å²) in [4.78, 5) is -1.50. The quantitative estimate of drug-likeness (QED) is 0.433. The molecule has 2 N–H and O–H groups in total. The Morgan fingerprint density at radius 1 is 1.28 bits per heavy atom. The zero-order valence-electron chi connectivity index (χ0n) is 14.0. The van der Waals surface area contributed by atoms with E-state index >= 15 is 0 Å². The van der Waals surface area contributed by atoms with Crippen LogP contribution in [0.5, 0.6) is 11.5 Å². The molecule has 1 heterocycles. The lowest BCUT2D eigenvalue weighted by atomic mass is 10.1. The Morgan fingerprint density at radius 3 is 2.52 bits per heavy atom. The molecule has 1 aliphatic rings. The predicted octanol–water partition coefficient (Wildman–Crippen LogP) is 2.39. The summed E-state index contributed by atoms with van der Waals surface area (Å²) < 4.78 is 96.1. The van der Waals surface area contributed by atoms with E-state index in [0.717, 1.165) is 24.5 Å². The van der Waals surface area contributed by atoms with E-state index in [1.165, 1.54) is 0 Å². The second-order valence-corrected chi connectivity index (χ2v) is 8.01. The third-order valence-corrected chi connectivity index (χ3v) is 5.68. The van der Waals surface area contributed by atoms with Gasteiger partial charge in [-0.2, -0.15) is 18.4 Å². The molecule has 0 saturated carbocycles. The highest BCUT2D eigenvalue weighted by atomic mass is 32.2. The fourth-order valence-electron chi connectivity index (χ4n) is 2.89. The van der Waals surface area contributed by atoms with E-state index in [-0.39, 0.29) is 11.3 Å². The largest absolute Gasteiger partial charge is 0.501 e. The molecule has 0 bridgehead atoms. The van der Waals surface area contributed by atoms with Crippen molar-refractivity contribution in [2.45, 2.75) is 28.9 Å². The van der Waals surface area contributed by atoms with Crippen LogP contribution in [-0.4, -0.2) is 30.2 Å². The monoisotopic (exact) mass is 437 g/mol. The Labute approximate surface area is 159 Å². The fraction of sp³-hybridized carbons (Fsp3) is 0.250. The normalized spacial score (nSPS) is 18.2. The van der Waals surface area contributed by atoms with Crippen molar-refractivity contribution >= 4 is 9.84 Å². The molecule has 0 saturated heterocycles. The van der Waals surface area contributed by atoms with Crippen molar-refractivity contribution in [3.8, 4) is 17.6 Å². The number of sulfone groups is 1. The first kappa shape index (κ1) is 20.7. The van der Waals surface area contributed by atoms with Gasteiger partial charge in [0.15, 0.2) is 5.75 Å². The van der Waals surface area contributed by atoms with E-state index in [1.54, 1.807) is 6.07 Å². The van der Waals surface area contributed by atoms with Crippen LogP contribution in [0, 0.1) is 11.3 Å². The van der Waals surface area contributed by atoms with Crippen LogP contribution in [0.1, 0.15) is 22.8 Å². The van der Waals surface area contributed by atoms with Crippen LogP contribution < -0.4 is 9.47 Å². The second-order valence-electron chi connectivity index (χ2n) is 6.10. The van der Waals surface area contributed by atoms with E-state index in [2.05, 4.69) is 0 Å². The molecule has 0 aliphatic heterocycles. The molecule has 0 amide bonds. The third kappa shape index (κ3) is 3.45. The van der Waals surface area contributed by atoms with Crippen molar-refractivity contribution < 1.29 is 50.2 Å². The van der Waals surface area contributed by atoms with Crippen LogP contribution in [0.25, 0.3) is 0 Å². The van der Waals surface area contributed by atoms with Gasteiger partial charge in [-0.15, -0.1) is 0 Å². The van der Waals surface area contributed by atoms with Gasteiger partial charge >= 0.3 is 5.51 Å². The molecule has 1 atom stereocenters. The minimum Gasteiger partial charge on any atom is -0.451 e. The molecule has 1 aliphatic carbocycles. The summed E-state index contributed by atoms with van der Waals surface area (Å²) in [5.41, 5.74) is -7.62. The summed E-state index contributed by atoms with van der Waals surface area (Å²) in [5, 5.41) is 28.2. The van der Waals surface area contributed by atoms with Crippen molar-refractivity contribution in [2.24, 2.45) is 0 Å². The number of nitriles is 1. The SMILES string of the molecule is N#Cc1cc(Oc2ccc(S(=O)(=O)C(F)(F)F)c3c2CC(F)(F)C3O)c[n+](O)c1. The molecule has 3 rings (SSSR count). The first-order valence-corrected chi connectivity index (χ1v) is 9.13. The lowest BCUT2D eigenvalue weighted by Gasteiger charge is -2.17. The van der Waals surface area contributed by atoms with Crippen LogP contribution in [0.4, 0.5) is 22.0 Å². The fourth-order valence-corrected chi connectivity index (χ4v) is 3.91. The Bertz CT molecular complexity index is 1140. The smallest absolute Gasteiger partial charge is 0.451 e. The number of rotatable bonds is 3. The van der Waals surface area contributed by atoms with Crippen molar-refractivity contribution in [1.29, 1.82) is 5.26 Å². The molecule has 1 unspecified atom stereocenters. The summed E-state index contributed by atoms with van der Waals surface area (Å²) in [6.07, 6.45) is -2.16. The first-order chi connectivity index (χ1) is 13.3. The molecule has 0 radical (unpaired) electrons. The molecule has 2 aromatic rings. The molecule has 13 heteroatoms. The van der Waals surface area contributed by atoms with Gasteiger partial charge in [0.2, 0.25) is 6.20 Å². The second kappa shape index (κ2) is 6.53. The molecule has 154 valence electrons. The third-order valence-electron chi connectivity index (χ3n) is 4.14. The number of aliphatic hydroxyl groups is 1. The number of hydrogen-bond acceptors (Lipinski definition) is 6. The summed E-state index contributed by atoms with van der Waals surface area (Å²) in [7, 11) is -6.03. The van der Waals surface area contributed by atoms with E-state index in [9.17, 15) is 40.7 Å². The number of alkyl halides is 5. The van der Waals surface area contributed by atoms with Gasteiger partial charge in [-0.1, -0.05) is 0 Å². The molecule has 29 heavy (non-hydrogen) atoms. The molecule has 1 aromatic carbocycles. The number of aromatic nitrogens is 1. The Morgan fingerprint density at radius 2 is 1.93 bits per heavy atom. The van der Waals surface area contributed by atoms with Crippen LogP contribution in [0.3, 0.4) is 0 Å². The maximum Gasteiger partial charge on any atom is 0.501 e. The number of pyridine rings is 1. The van der Waals surface area contributed by atoms with Crippen LogP contribution in [0.2, 0.25) is 0 Å². The average molecular weight is 437 g/mol. The maximum atomic E-state index is 14.0. The van der Waals surface area contributed by atoms with E-state index < -0.39 is 55.6 Å². The number of fused-ring (bicyclic) bond motifs is 1. The molecular formula is C16H10F5N2O5S+. The highest BCUT2D eigenvalue weighted by molar-refractivity contribution is 7.92. The van der Waals surface area contributed by atoms with E-state index in [0.29, 0.717) is 10.8 Å². The van der Waals surface area contributed by atoms with Gasteiger partial charge in [-0.05, 0) is 12.1 Å². The summed E-state index contributed by atoms with van der Waals surface area (Å²) in [5.74, 6) is -4.65. The Balaban J connectivity index is 2.19. The summed E-state index contributed by atoms with van der Waals surface area (Å²) in [6.45, 7) is 0. The summed E-state index contributed by atoms with van der Waals surface area (Å²) >= 11 is 0. The van der Waals surface area contributed by atoms with Crippen molar-refractivity contribution in [1.82, 2.24) is 0 Å². The van der Waals surface area contributed by atoms with Gasteiger partial charge in [0.1, 0.15) is 23.5 Å². The number of ether oxygens (including phenoxy) is 1. The topological polar surface area (TPSA) is 112 Å². The number of hydrogen-bond donors (Lipinski definition) is 2.